The van der Waals surface area contributed by atoms with Gasteiger partial charge in [0.1, 0.15) is 5.71 Å². The van der Waals surface area contributed by atoms with E-state index in [0.29, 0.717) is 16.8 Å². The molecule has 1 aliphatic rings. The van der Waals surface area contributed by atoms with Crippen LogP contribution in [0, 0.1) is 6.92 Å². The van der Waals surface area contributed by atoms with Crippen LogP contribution < -0.4 is 0 Å². The molecule has 3 aromatic rings. The molecule has 4 nitrogen and oxygen atoms in total. The van der Waals surface area contributed by atoms with Crippen LogP contribution in [0.2, 0.25) is 0 Å². The molecule has 2 aromatic carbocycles. The van der Waals surface area contributed by atoms with Crippen molar-refractivity contribution in [3.63, 3.8) is 0 Å². The van der Waals surface area contributed by atoms with Crippen LogP contribution in [0.3, 0.4) is 0 Å². The number of rotatable bonds is 1. The van der Waals surface area contributed by atoms with Gasteiger partial charge in [0.15, 0.2) is 5.88 Å². The first-order valence-corrected chi connectivity index (χ1v) is 7.58. The van der Waals surface area contributed by atoms with E-state index in [1.807, 2.05) is 31.2 Å². The van der Waals surface area contributed by atoms with E-state index in [-0.39, 0.29) is 17.4 Å². The predicted octanol–water partition coefficient (Wildman–Crippen LogP) is 4.26. The number of nitrogens with zero attached hydrogens (tertiary/aromatic N) is 1. The van der Waals surface area contributed by atoms with Crippen LogP contribution in [0.15, 0.2) is 45.9 Å². The number of aromatic amines is 1. The fourth-order valence-electron chi connectivity index (χ4n) is 2.79. The Morgan fingerprint density at radius 3 is 2.82 bits per heavy atom. The highest BCUT2D eigenvalue weighted by Gasteiger charge is 2.30. The molecule has 0 bridgehead atoms. The molecular formula is C17H11BrN2O2. The predicted molar refractivity (Wildman–Crippen MR) is 89.4 cm³/mol. The summed E-state index contributed by atoms with van der Waals surface area (Å²) in [6.45, 7) is 1.97. The number of H-pyrrole nitrogens is 1. The summed E-state index contributed by atoms with van der Waals surface area (Å²) in [7, 11) is 0. The molecule has 0 radical (unpaired) electrons. The summed E-state index contributed by atoms with van der Waals surface area (Å²) in [4.78, 5) is 19.9. The Balaban J connectivity index is 1.96. The molecule has 5 heteroatoms. The molecule has 0 fully saturated rings. The number of carbonyl (C=O) groups is 1. The van der Waals surface area contributed by atoms with Gasteiger partial charge in [-0.25, -0.2) is 4.99 Å². The number of aryl methyl sites for hydroxylation is 1. The van der Waals surface area contributed by atoms with Crippen molar-refractivity contribution in [2.75, 3.05) is 0 Å². The van der Waals surface area contributed by atoms with Crippen molar-refractivity contribution in [1.82, 2.24) is 4.98 Å². The van der Waals surface area contributed by atoms with Gasteiger partial charge in [0.25, 0.3) is 0 Å². The second kappa shape index (κ2) is 4.55. The lowest BCUT2D eigenvalue weighted by atomic mass is 10.0. The summed E-state index contributed by atoms with van der Waals surface area (Å²) in [6, 6.07) is 11.1. The largest absolute Gasteiger partial charge is 0.494 e. The Bertz CT molecular complexity index is 986. The number of Topliss-reactive ketones (excluding diaryl/α,β-unsaturated/α-hetero) is 1. The molecule has 0 unspecified atom stereocenters. The van der Waals surface area contributed by atoms with E-state index in [9.17, 15) is 9.90 Å². The first-order valence-electron chi connectivity index (χ1n) is 6.79. The highest BCUT2D eigenvalue weighted by molar-refractivity contribution is 9.10. The minimum atomic E-state index is -0.167. The summed E-state index contributed by atoms with van der Waals surface area (Å²) in [6.07, 6.45) is 0. The van der Waals surface area contributed by atoms with Crippen LogP contribution in [0.4, 0.5) is 5.69 Å². The third-order valence-corrected chi connectivity index (χ3v) is 4.32. The van der Waals surface area contributed by atoms with Gasteiger partial charge in [0.05, 0.1) is 11.3 Å². The number of nitrogens with one attached hydrogen (secondary N) is 1. The average molecular weight is 355 g/mol. The first-order chi connectivity index (χ1) is 10.5. The van der Waals surface area contributed by atoms with E-state index in [1.54, 1.807) is 12.1 Å². The van der Waals surface area contributed by atoms with Crippen molar-refractivity contribution >= 4 is 44.0 Å². The number of aromatic hydroxyl groups is 1. The summed E-state index contributed by atoms with van der Waals surface area (Å²) in [5.41, 5.74) is 3.79. The number of ketones is 1. The maximum Gasteiger partial charge on any atom is 0.214 e. The molecule has 0 saturated carbocycles. The molecule has 108 valence electrons. The number of carbonyl (C=O) groups excluding carboxylic acids is 1. The van der Waals surface area contributed by atoms with Crippen LogP contribution in [0.1, 0.15) is 21.5 Å². The second-order valence-electron chi connectivity index (χ2n) is 5.35. The third kappa shape index (κ3) is 1.82. The molecule has 0 atom stereocenters. The quantitative estimate of drug-likeness (QED) is 0.685. The topological polar surface area (TPSA) is 65.4 Å². The standard InChI is InChI=1S/C17H11BrN2O2/c1-8-2-4-10-12(6-8)20-17(22)14(10)15-16(21)11-5-3-9(18)7-13(11)19-15/h2-7,20,22H,1H3. The zero-order valence-electron chi connectivity index (χ0n) is 11.6. The second-order valence-corrected chi connectivity index (χ2v) is 6.26. The summed E-state index contributed by atoms with van der Waals surface area (Å²) in [5, 5.41) is 11.0. The maximum absolute atomic E-state index is 12.6. The molecule has 2 heterocycles. The number of halogens is 1. The normalized spacial score (nSPS) is 13.5. The molecule has 1 aromatic heterocycles. The van der Waals surface area contributed by atoms with Crippen molar-refractivity contribution in [3.05, 3.63) is 57.6 Å². The number of hydrogen-bond acceptors (Lipinski definition) is 3. The number of benzene rings is 2. The van der Waals surface area contributed by atoms with Gasteiger partial charge < -0.3 is 10.1 Å². The van der Waals surface area contributed by atoms with Crippen LogP contribution in [-0.4, -0.2) is 21.6 Å². The third-order valence-electron chi connectivity index (χ3n) is 3.82. The Morgan fingerprint density at radius 2 is 2.00 bits per heavy atom. The van der Waals surface area contributed by atoms with E-state index in [4.69, 9.17) is 0 Å². The molecule has 0 amide bonds. The number of hydrogen-bond donors (Lipinski definition) is 2. The fourth-order valence-corrected chi connectivity index (χ4v) is 3.14. The summed E-state index contributed by atoms with van der Waals surface area (Å²) in [5.74, 6) is -0.196. The summed E-state index contributed by atoms with van der Waals surface area (Å²) < 4.78 is 0.864. The number of fused-ring (bicyclic) bond motifs is 2. The zero-order chi connectivity index (χ0) is 15.4. The van der Waals surface area contributed by atoms with E-state index in [0.717, 1.165) is 20.9 Å². The van der Waals surface area contributed by atoms with E-state index in [2.05, 4.69) is 25.9 Å². The van der Waals surface area contributed by atoms with Gasteiger partial charge in [-0.05, 0) is 36.8 Å². The molecule has 0 aliphatic carbocycles. The van der Waals surface area contributed by atoms with Crippen molar-refractivity contribution in [1.29, 1.82) is 0 Å². The summed E-state index contributed by atoms with van der Waals surface area (Å²) >= 11 is 3.38. The SMILES string of the molecule is Cc1ccc2c(C3=Nc4cc(Br)ccc4C3=O)c(O)[nH]c2c1. The van der Waals surface area contributed by atoms with Crippen molar-refractivity contribution in [2.45, 2.75) is 6.92 Å². The van der Waals surface area contributed by atoms with Crippen LogP contribution in [0.5, 0.6) is 5.88 Å². The monoisotopic (exact) mass is 354 g/mol. The van der Waals surface area contributed by atoms with Gasteiger partial charge in [-0.3, -0.25) is 4.79 Å². The lowest BCUT2D eigenvalue weighted by molar-refractivity contribution is 0.107. The van der Waals surface area contributed by atoms with Gasteiger partial charge in [0.2, 0.25) is 5.78 Å². The minimum Gasteiger partial charge on any atom is -0.494 e. The van der Waals surface area contributed by atoms with Gasteiger partial charge in [-0.15, -0.1) is 0 Å². The fraction of sp³-hybridized carbons (Fsp3) is 0.0588. The van der Waals surface area contributed by atoms with Gasteiger partial charge in [-0.1, -0.05) is 28.1 Å². The van der Waals surface area contributed by atoms with Crippen molar-refractivity contribution in [3.8, 4) is 5.88 Å². The number of aromatic nitrogens is 1. The van der Waals surface area contributed by atoms with E-state index < -0.39 is 0 Å². The molecule has 1 aliphatic heterocycles. The van der Waals surface area contributed by atoms with Crippen LogP contribution >= 0.6 is 15.9 Å². The molecular weight excluding hydrogens is 344 g/mol. The van der Waals surface area contributed by atoms with Gasteiger partial charge in [0, 0.05) is 20.9 Å². The smallest absolute Gasteiger partial charge is 0.214 e. The van der Waals surface area contributed by atoms with Crippen molar-refractivity contribution < 1.29 is 9.90 Å². The lowest BCUT2D eigenvalue weighted by Gasteiger charge is -1.99. The molecule has 22 heavy (non-hydrogen) atoms. The molecule has 0 spiro atoms. The molecule has 0 saturated heterocycles. The van der Waals surface area contributed by atoms with Crippen molar-refractivity contribution in [2.24, 2.45) is 4.99 Å². The Kier molecular flexibility index (Phi) is 2.74. The molecule has 2 N–H and O–H groups in total. The van der Waals surface area contributed by atoms with Gasteiger partial charge in [-0.2, -0.15) is 0 Å². The zero-order valence-corrected chi connectivity index (χ0v) is 13.2. The highest BCUT2D eigenvalue weighted by Crippen LogP contribution is 2.36. The average Bonchev–Trinajstić information content (AvgIpc) is 2.94. The maximum atomic E-state index is 12.6. The lowest BCUT2D eigenvalue weighted by Crippen LogP contribution is -2.10. The molecule has 4 rings (SSSR count). The van der Waals surface area contributed by atoms with E-state index in [1.165, 1.54) is 0 Å². The van der Waals surface area contributed by atoms with Crippen LogP contribution in [0.25, 0.3) is 10.9 Å². The Labute approximate surface area is 134 Å². The Hall–Kier alpha value is -2.40. The highest BCUT2D eigenvalue weighted by atomic mass is 79.9. The minimum absolute atomic E-state index is 0.0282. The first kappa shape index (κ1) is 13.3. The Morgan fingerprint density at radius 1 is 1.18 bits per heavy atom. The van der Waals surface area contributed by atoms with Gasteiger partial charge >= 0.3 is 0 Å². The number of aliphatic imine (C=N–C) groups is 1. The van der Waals surface area contributed by atoms with Crippen LogP contribution in [-0.2, 0) is 0 Å². The van der Waals surface area contributed by atoms with E-state index >= 15 is 0 Å².